The Labute approximate surface area is 199 Å². The normalized spacial score (nSPS) is 14.1. The second kappa shape index (κ2) is 18.9. The Morgan fingerprint density at radius 1 is 0.720 bits per heavy atom. The van der Waals surface area contributed by atoms with Crippen LogP contribution in [0.15, 0.2) is 0 Å². The second-order valence-electron chi connectivity index (χ2n) is 7.11. The Hall–Kier alpha value is 1.51. The van der Waals surface area contributed by atoms with Crippen LogP contribution in [0.4, 0.5) is 0 Å². The van der Waals surface area contributed by atoms with Crippen molar-refractivity contribution in [1.82, 2.24) is 0 Å². The zero-order chi connectivity index (χ0) is 18.3. The van der Waals surface area contributed by atoms with E-state index in [4.69, 9.17) is 0 Å². The molecule has 0 aromatic rings. The fraction of sp³-hybridized carbons (Fsp3) is 1.00. The molecule has 0 radical (unpaired) electrons. The first-order valence-electron chi connectivity index (χ1n) is 10.0. The van der Waals surface area contributed by atoms with Crippen LogP contribution < -0.4 is 51.4 Å². The first kappa shape index (κ1) is 28.7. The number of aliphatic hydroxyl groups excluding tert-OH is 1. The molecule has 0 saturated heterocycles. The molecule has 2 unspecified atom stereocenters. The number of unbranched alkanes of at least 4 members (excludes halogenated alkanes) is 9. The van der Waals surface area contributed by atoms with Crippen LogP contribution >= 0.6 is 0 Å². The third kappa shape index (κ3) is 18.6. The number of rotatable bonds is 17. The number of hydrogen-bond acceptors (Lipinski definition) is 4. The third-order valence-corrected chi connectivity index (χ3v) is 6.04. The Morgan fingerprint density at radius 2 is 1.16 bits per heavy atom. The van der Waals surface area contributed by atoms with Crippen molar-refractivity contribution in [2.24, 2.45) is 0 Å². The van der Waals surface area contributed by atoms with E-state index in [1.54, 1.807) is 0 Å². The van der Waals surface area contributed by atoms with Crippen molar-refractivity contribution >= 4 is 10.1 Å². The maximum absolute atomic E-state index is 11.4. The molecule has 25 heavy (non-hydrogen) atoms. The molecule has 0 aliphatic heterocycles. The van der Waals surface area contributed by atoms with E-state index >= 15 is 0 Å². The zero-order valence-corrected chi connectivity index (χ0v) is 20.8. The van der Waals surface area contributed by atoms with Gasteiger partial charge in [-0.2, -0.15) is 0 Å². The van der Waals surface area contributed by atoms with Gasteiger partial charge in [-0.3, -0.25) is 0 Å². The first-order valence-corrected chi connectivity index (χ1v) is 11.5. The molecule has 1 N–H and O–H groups in total. The van der Waals surface area contributed by atoms with Crippen molar-refractivity contribution in [3.8, 4) is 0 Å². The van der Waals surface area contributed by atoms with Crippen LogP contribution in [0, 0.1) is 0 Å². The average Bonchev–Trinajstić information content (AvgIpc) is 2.52. The Balaban J connectivity index is 0. The molecular weight excluding hydrogens is 363 g/mol. The van der Waals surface area contributed by atoms with Gasteiger partial charge in [0.25, 0.3) is 0 Å². The summed E-state index contributed by atoms with van der Waals surface area (Å²) in [5, 5.41) is 9.14. The van der Waals surface area contributed by atoms with Crippen molar-refractivity contribution in [3.63, 3.8) is 0 Å². The van der Waals surface area contributed by atoms with Crippen LogP contribution in [0.3, 0.4) is 0 Å². The minimum absolute atomic E-state index is 0. The minimum atomic E-state index is -4.25. The van der Waals surface area contributed by atoms with Crippen LogP contribution in [0.1, 0.15) is 110 Å². The van der Waals surface area contributed by atoms with Gasteiger partial charge in [-0.1, -0.05) is 84.5 Å². The molecule has 146 valence electrons. The molecule has 0 aliphatic carbocycles. The van der Waals surface area contributed by atoms with E-state index in [0.717, 1.165) is 38.5 Å². The van der Waals surface area contributed by atoms with E-state index in [1.165, 1.54) is 32.1 Å². The zero-order valence-electron chi connectivity index (χ0n) is 16.8. The van der Waals surface area contributed by atoms with Gasteiger partial charge in [0.1, 0.15) is 0 Å². The van der Waals surface area contributed by atoms with Crippen molar-refractivity contribution in [1.29, 1.82) is 0 Å². The molecule has 2 atom stereocenters. The maximum Gasteiger partial charge on any atom is 1.00 e. The van der Waals surface area contributed by atoms with Crippen LogP contribution in [-0.2, 0) is 10.1 Å². The van der Waals surface area contributed by atoms with Crippen LogP contribution in [0.25, 0.3) is 0 Å². The van der Waals surface area contributed by atoms with E-state index < -0.39 is 21.5 Å². The van der Waals surface area contributed by atoms with E-state index in [-0.39, 0.29) is 51.4 Å². The summed E-state index contributed by atoms with van der Waals surface area (Å²) in [5.41, 5.74) is 0. The molecular formula is C19H39KO4S. The van der Waals surface area contributed by atoms with Crippen LogP contribution in [0.5, 0.6) is 0 Å². The second-order valence-corrected chi connectivity index (χ2v) is 8.76. The van der Waals surface area contributed by atoms with Crippen molar-refractivity contribution in [3.05, 3.63) is 0 Å². The van der Waals surface area contributed by atoms with Gasteiger partial charge in [0, 0.05) is 5.25 Å². The predicted octanol–water partition coefficient (Wildman–Crippen LogP) is 2.16. The summed E-state index contributed by atoms with van der Waals surface area (Å²) in [4.78, 5) is 0. The Morgan fingerprint density at radius 3 is 1.68 bits per heavy atom. The van der Waals surface area contributed by atoms with Crippen molar-refractivity contribution in [2.45, 2.75) is 122 Å². The summed E-state index contributed by atoms with van der Waals surface area (Å²) in [7, 11) is -4.25. The Kier molecular flexibility index (Phi) is 21.7. The summed E-state index contributed by atoms with van der Waals surface area (Å²) >= 11 is 0. The summed E-state index contributed by atoms with van der Waals surface area (Å²) < 4.78 is 34.2. The fourth-order valence-corrected chi connectivity index (χ4v) is 3.97. The van der Waals surface area contributed by atoms with Gasteiger partial charge in [-0.15, -0.1) is 0 Å². The topological polar surface area (TPSA) is 77.4 Å². The maximum atomic E-state index is 11.4. The van der Waals surface area contributed by atoms with Crippen LogP contribution in [0.2, 0.25) is 0 Å². The molecule has 0 aromatic heterocycles. The molecule has 0 heterocycles. The van der Waals surface area contributed by atoms with Gasteiger partial charge in [0.05, 0.1) is 16.2 Å². The van der Waals surface area contributed by atoms with Gasteiger partial charge in [-0.25, -0.2) is 8.42 Å². The fourth-order valence-electron chi connectivity index (χ4n) is 3.09. The number of aliphatic hydroxyl groups is 1. The molecule has 0 aliphatic rings. The van der Waals surface area contributed by atoms with Crippen molar-refractivity contribution < 1.29 is 69.5 Å². The van der Waals surface area contributed by atoms with Gasteiger partial charge in [0.2, 0.25) is 0 Å². The SMILES string of the molecule is CCCCCCCCCC(CCC(O)CCCCCC)S(=O)(=O)[O-].[K+]. The van der Waals surface area contributed by atoms with Gasteiger partial charge < -0.3 is 9.66 Å². The molecule has 0 amide bonds. The monoisotopic (exact) mass is 402 g/mol. The standard InChI is InChI=1S/C19H40O4S.K/c1-3-5-7-9-10-11-13-15-19(24(21,22)23)17-16-18(20)14-12-8-6-4-2;/h18-20H,3-17H2,1-2H3,(H,21,22,23);/q;+1/p-1. The first-order chi connectivity index (χ1) is 11.4. The summed E-state index contributed by atoms with van der Waals surface area (Å²) in [6.45, 7) is 4.33. The van der Waals surface area contributed by atoms with E-state index in [1.807, 2.05) is 0 Å². The van der Waals surface area contributed by atoms with Gasteiger partial charge >= 0.3 is 51.4 Å². The van der Waals surface area contributed by atoms with Gasteiger partial charge in [0.15, 0.2) is 0 Å². The molecule has 0 aromatic carbocycles. The summed E-state index contributed by atoms with van der Waals surface area (Å²) in [6.07, 6.45) is 13.6. The smallest absolute Gasteiger partial charge is 0.748 e. The van der Waals surface area contributed by atoms with Gasteiger partial charge in [-0.05, 0) is 25.7 Å². The molecule has 0 rings (SSSR count). The molecule has 0 fully saturated rings. The van der Waals surface area contributed by atoms with E-state index in [9.17, 15) is 18.1 Å². The van der Waals surface area contributed by atoms with E-state index in [2.05, 4.69) is 13.8 Å². The van der Waals surface area contributed by atoms with Crippen molar-refractivity contribution in [2.75, 3.05) is 0 Å². The minimum Gasteiger partial charge on any atom is -0.748 e. The van der Waals surface area contributed by atoms with E-state index in [0.29, 0.717) is 25.7 Å². The molecule has 4 nitrogen and oxygen atoms in total. The summed E-state index contributed by atoms with van der Waals surface area (Å²) in [5.74, 6) is 0. The third-order valence-electron chi connectivity index (χ3n) is 4.75. The average molecular weight is 403 g/mol. The summed E-state index contributed by atoms with van der Waals surface area (Å²) in [6, 6.07) is 0. The predicted molar refractivity (Wildman–Crippen MR) is 100 cm³/mol. The van der Waals surface area contributed by atoms with Crippen LogP contribution in [-0.4, -0.2) is 29.4 Å². The number of hydrogen-bond donors (Lipinski definition) is 1. The largest absolute Gasteiger partial charge is 1.00 e. The molecule has 6 heteroatoms. The molecule has 0 bridgehead atoms. The Bertz CT molecular complexity index is 374. The molecule has 0 saturated carbocycles. The molecule has 0 spiro atoms. The quantitative estimate of drug-likeness (QED) is 0.230.